The normalized spacial score (nSPS) is 22.7. The molecular weight excluding hydrogens is 246 g/mol. The maximum atomic E-state index is 6.11. The maximum absolute atomic E-state index is 6.11. The second kappa shape index (κ2) is 8.31. The molecule has 1 fully saturated rings. The molecule has 0 saturated heterocycles. The quantitative estimate of drug-likeness (QED) is 0.738. The highest BCUT2D eigenvalue weighted by Crippen LogP contribution is 2.29. The van der Waals surface area contributed by atoms with Gasteiger partial charge >= 0.3 is 0 Å². The third kappa shape index (κ3) is 4.82. The molecule has 0 spiro atoms. The van der Waals surface area contributed by atoms with Crippen molar-refractivity contribution in [3.63, 3.8) is 0 Å². The number of rotatable bonds is 7. The summed E-state index contributed by atoms with van der Waals surface area (Å²) in [5.74, 6) is 1.96. The first kappa shape index (κ1) is 15.4. The molecule has 2 heteroatoms. The van der Waals surface area contributed by atoms with Crippen molar-refractivity contribution in [3.05, 3.63) is 29.8 Å². The molecule has 0 bridgehead atoms. The lowest BCUT2D eigenvalue weighted by Gasteiger charge is -2.28. The van der Waals surface area contributed by atoms with Crippen molar-refractivity contribution in [2.24, 2.45) is 5.92 Å². The molecule has 0 amide bonds. The average Bonchev–Trinajstić information content (AvgIpc) is 2.50. The number of ether oxygens (including phenoxy) is 1. The van der Waals surface area contributed by atoms with Crippen LogP contribution in [-0.2, 0) is 6.54 Å². The summed E-state index contributed by atoms with van der Waals surface area (Å²) in [6.45, 7) is 6.53. The van der Waals surface area contributed by atoms with E-state index in [9.17, 15) is 0 Å². The number of hydrogen-bond acceptors (Lipinski definition) is 2. The van der Waals surface area contributed by atoms with Crippen LogP contribution < -0.4 is 10.1 Å². The third-order valence-corrected chi connectivity index (χ3v) is 4.35. The van der Waals surface area contributed by atoms with Crippen molar-refractivity contribution in [2.45, 2.75) is 65.0 Å². The van der Waals surface area contributed by atoms with Gasteiger partial charge in [-0.3, -0.25) is 0 Å². The van der Waals surface area contributed by atoms with E-state index in [1.807, 2.05) is 0 Å². The van der Waals surface area contributed by atoms with Crippen molar-refractivity contribution in [2.75, 3.05) is 6.54 Å². The summed E-state index contributed by atoms with van der Waals surface area (Å²) in [5, 5.41) is 3.42. The zero-order valence-electron chi connectivity index (χ0n) is 13.0. The fraction of sp³-hybridized carbons (Fsp3) is 0.667. The fourth-order valence-electron chi connectivity index (χ4n) is 2.95. The van der Waals surface area contributed by atoms with Crippen LogP contribution in [0.25, 0.3) is 0 Å². The highest BCUT2D eigenvalue weighted by molar-refractivity contribution is 5.27. The molecule has 2 nitrogen and oxygen atoms in total. The SMILES string of the molecule is CCCNCc1ccc(OC2CCC(CC)CC2)cc1. The van der Waals surface area contributed by atoms with E-state index in [4.69, 9.17) is 4.74 Å². The molecule has 20 heavy (non-hydrogen) atoms. The molecule has 1 aliphatic rings. The van der Waals surface area contributed by atoms with E-state index < -0.39 is 0 Å². The van der Waals surface area contributed by atoms with Crippen LogP contribution in [0.3, 0.4) is 0 Å². The summed E-state index contributed by atoms with van der Waals surface area (Å²) in [7, 11) is 0. The molecule has 1 aliphatic carbocycles. The predicted molar refractivity (Wildman–Crippen MR) is 85.1 cm³/mol. The zero-order valence-corrected chi connectivity index (χ0v) is 13.0. The van der Waals surface area contributed by atoms with Crippen molar-refractivity contribution in [1.29, 1.82) is 0 Å². The van der Waals surface area contributed by atoms with Crippen molar-refractivity contribution < 1.29 is 4.74 Å². The Hall–Kier alpha value is -1.02. The standard InChI is InChI=1S/C18H29NO/c1-3-13-19-14-16-7-11-18(12-8-16)20-17-9-5-15(4-2)6-10-17/h7-8,11-12,15,17,19H,3-6,9-10,13-14H2,1-2H3. The van der Waals surface area contributed by atoms with Gasteiger partial charge in [-0.05, 0) is 62.3 Å². The average molecular weight is 275 g/mol. The van der Waals surface area contributed by atoms with Gasteiger partial charge in [0, 0.05) is 6.54 Å². The lowest BCUT2D eigenvalue weighted by molar-refractivity contribution is 0.130. The van der Waals surface area contributed by atoms with Crippen LogP contribution in [0.15, 0.2) is 24.3 Å². The molecule has 1 N–H and O–H groups in total. The van der Waals surface area contributed by atoms with Gasteiger partial charge in [-0.1, -0.05) is 32.4 Å². The molecule has 0 heterocycles. The first-order valence-electron chi connectivity index (χ1n) is 8.28. The van der Waals surface area contributed by atoms with Gasteiger partial charge in [0.1, 0.15) is 5.75 Å². The van der Waals surface area contributed by atoms with Gasteiger partial charge < -0.3 is 10.1 Å². The Balaban J connectivity index is 1.76. The summed E-state index contributed by atoms with van der Waals surface area (Å²) >= 11 is 0. The Labute approximate surface area is 123 Å². The zero-order chi connectivity index (χ0) is 14.2. The minimum atomic E-state index is 0.432. The van der Waals surface area contributed by atoms with Gasteiger partial charge in [-0.25, -0.2) is 0 Å². The van der Waals surface area contributed by atoms with Crippen LogP contribution in [0.1, 0.15) is 57.9 Å². The first-order valence-corrected chi connectivity index (χ1v) is 8.28. The summed E-state index contributed by atoms with van der Waals surface area (Å²) < 4.78 is 6.11. The van der Waals surface area contributed by atoms with Crippen LogP contribution in [0, 0.1) is 5.92 Å². The third-order valence-electron chi connectivity index (χ3n) is 4.35. The Morgan fingerprint density at radius 2 is 1.75 bits per heavy atom. The number of hydrogen-bond donors (Lipinski definition) is 1. The highest BCUT2D eigenvalue weighted by atomic mass is 16.5. The Morgan fingerprint density at radius 1 is 1.05 bits per heavy atom. The van der Waals surface area contributed by atoms with Crippen molar-refractivity contribution in [1.82, 2.24) is 5.32 Å². The van der Waals surface area contributed by atoms with E-state index in [2.05, 4.69) is 43.4 Å². The van der Waals surface area contributed by atoms with Gasteiger partial charge in [0.2, 0.25) is 0 Å². The van der Waals surface area contributed by atoms with Crippen LogP contribution in [0.4, 0.5) is 0 Å². The Morgan fingerprint density at radius 3 is 2.35 bits per heavy atom. The number of nitrogens with one attached hydrogen (secondary N) is 1. The van der Waals surface area contributed by atoms with E-state index in [0.717, 1.165) is 24.8 Å². The summed E-state index contributed by atoms with van der Waals surface area (Å²) in [6, 6.07) is 8.59. The van der Waals surface area contributed by atoms with E-state index in [-0.39, 0.29) is 0 Å². The van der Waals surface area contributed by atoms with Crippen LogP contribution >= 0.6 is 0 Å². The van der Waals surface area contributed by atoms with Crippen LogP contribution in [0.2, 0.25) is 0 Å². The van der Waals surface area contributed by atoms with Gasteiger partial charge in [0.15, 0.2) is 0 Å². The van der Waals surface area contributed by atoms with Crippen LogP contribution in [-0.4, -0.2) is 12.6 Å². The summed E-state index contributed by atoms with van der Waals surface area (Å²) in [5.41, 5.74) is 1.33. The van der Waals surface area contributed by atoms with Crippen molar-refractivity contribution in [3.8, 4) is 5.75 Å². The number of benzene rings is 1. The second-order valence-corrected chi connectivity index (χ2v) is 5.99. The Kier molecular flexibility index (Phi) is 6.38. The molecular formula is C18H29NO. The molecule has 1 aromatic rings. The lowest BCUT2D eigenvalue weighted by Crippen LogP contribution is -2.23. The maximum Gasteiger partial charge on any atom is 0.119 e. The molecule has 1 aromatic carbocycles. The molecule has 0 radical (unpaired) electrons. The molecule has 0 aliphatic heterocycles. The largest absolute Gasteiger partial charge is 0.490 e. The van der Waals surface area contributed by atoms with E-state index >= 15 is 0 Å². The molecule has 0 atom stereocenters. The highest BCUT2D eigenvalue weighted by Gasteiger charge is 2.20. The van der Waals surface area contributed by atoms with Crippen LogP contribution in [0.5, 0.6) is 5.75 Å². The smallest absolute Gasteiger partial charge is 0.119 e. The summed E-state index contributed by atoms with van der Waals surface area (Å²) in [6.07, 6.45) is 8.05. The Bertz CT molecular complexity index is 366. The molecule has 0 unspecified atom stereocenters. The predicted octanol–water partition coefficient (Wildman–Crippen LogP) is 4.53. The molecule has 112 valence electrons. The summed E-state index contributed by atoms with van der Waals surface area (Å²) in [4.78, 5) is 0. The van der Waals surface area contributed by atoms with E-state index in [1.54, 1.807) is 0 Å². The van der Waals surface area contributed by atoms with E-state index in [0.29, 0.717) is 6.10 Å². The fourth-order valence-corrected chi connectivity index (χ4v) is 2.95. The second-order valence-electron chi connectivity index (χ2n) is 5.99. The van der Waals surface area contributed by atoms with Gasteiger partial charge in [-0.2, -0.15) is 0 Å². The van der Waals surface area contributed by atoms with Gasteiger partial charge in [0.25, 0.3) is 0 Å². The van der Waals surface area contributed by atoms with Gasteiger partial charge in [-0.15, -0.1) is 0 Å². The monoisotopic (exact) mass is 275 g/mol. The van der Waals surface area contributed by atoms with Crippen molar-refractivity contribution >= 4 is 0 Å². The first-order chi connectivity index (χ1) is 9.81. The molecule has 0 aromatic heterocycles. The van der Waals surface area contributed by atoms with Gasteiger partial charge in [0.05, 0.1) is 6.10 Å². The molecule has 1 saturated carbocycles. The van der Waals surface area contributed by atoms with E-state index in [1.165, 1.54) is 44.1 Å². The topological polar surface area (TPSA) is 21.3 Å². The molecule has 2 rings (SSSR count). The minimum absolute atomic E-state index is 0.432. The minimum Gasteiger partial charge on any atom is -0.490 e. The lowest BCUT2D eigenvalue weighted by atomic mass is 9.86.